The third-order valence-corrected chi connectivity index (χ3v) is 5.78. The summed E-state index contributed by atoms with van der Waals surface area (Å²) in [5.74, 6) is 1.36. The predicted molar refractivity (Wildman–Crippen MR) is 117 cm³/mol. The molecule has 0 bridgehead atoms. The molecular formula is C21H35Cl2N3O. The quantitative estimate of drug-likeness (QED) is 0.711. The van der Waals surface area contributed by atoms with Gasteiger partial charge in [-0.05, 0) is 74.8 Å². The van der Waals surface area contributed by atoms with Crippen LogP contribution in [0.15, 0.2) is 24.3 Å². The van der Waals surface area contributed by atoms with Gasteiger partial charge in [-0.2, -0.15) is 0 Å². The van der Waals surface area contributed by atoms with Crippen molar-refractivity contribution in [2.45, 2.75) is 52.1 Å². The topological polar surface area (TPSA) is 44.4 Å². The highest BCUT2D eigenvalue weighted by Gasteiger charge is 2.21. The van der Waals surface area contributed by atoms with E-state index in [9.17, 15) is 4.79 Å². The fourth-order valence-corrected chi connectivity index (χ4v) is 4.18. The number of carbonyl (C=O) groups excluding carboxylic acids is 1. The lowest BCUT2D eigenvalue weighted by Gasteiger charge is -2.27. The average Bonchev–Trinajstić information content (AvgIpc) is 3.14. The molecule has 2 saturated heterocycles. The van der Waals surface area contributed by atoms with E-state index >= 15 is 0 Å². The molecule has 1 aromatic rings. The summed E-state index contributed by atoms with van der Waals surface area (Å²) in [6.07, 6.45) is 5.70. The van der Waals surface area contributed by atoms with Crippen LogP contribution in [0.4, 0.5) is 0 Å². The van der Waals surface area contributed by atoms with Crippen molar-refractivity contribution in [3.63, 3.8) is 0 Å². The molecule has 1 unspecified atom stereocenters. The van der Waals surface area contributed by atoms with Crippen molar-refractivity contribution in [1.29, 1.82) is 0 Å². The molecule has 2 aliphatic rings. The van der Waals surface area contributed by atoms with Crippen molar-refractivity contribution < 1.29 is 4.79 Å². The summed E-state index contributed by atoms with van der Waals surface area (Å²) < 4.78 is 0. The second-order valence-electron chi connectivity index (χ2n) is 7.85. The Morgan fingerprint density at radius 3 is 2.56 bits per heavy atom. The number of benzene rings is 1. The third-order valence-electron chi connectivity index (χ3n) is 5.78. The molecule has 0 radical (unpaired) electrons. The SMILES string of the molecule is CC(CC(=O)NCc1cccc(CN2CCCC2)c1)C1CCNCC1.Cl.Cl. The first kappa shape index (κ1) is 24.2. The summed E-state index contributed by atoms with van der Waals surface area (Å²) in [5.41, 5.74) is 2.57. The van der Waals surface area contributed by atoms with E-state index in [0.29, 0.717) is 24.8 Å². The van der Waals surface area contributed by atoms with Crippen LogP contribution in [0.3, 0.4) is 0 Å². The highest BCUT2D eigenvalue weighted by Crippen LogP contribution is 2.24. The molecule has 3 rings (SSSR count). The summed E-state index contributed by atoms with van der Waals surface area (Å²) in [7, 11) is 0. The van der Waals surface area contributed by atoms with E-state index in [-0.39, 0.29) is 30.7 Å². The van der Waals surface area contributed by atoms with E-state index in [0.717, 1.165) is 19.6 Å². The Morgan fingerprint density at radius 2 is 1.85 bits per heavy atom. The van der Waals surface area contributed by atoms with Gasteiger partial charge in [0.15, 0.2) is 0 Å². The van der Waals surface area contributed by atoms with Gasteiger partial charge in [-0.15, -0.1) is 24.8 Å². The number of amides is 1. The van der Waals surface area contributed by atoms with E-state index in [1.54, 1.807) is 0 Å². The fourth-order valence-electron chi connectivity index (χ4n) is 4.18. The maximum atomic E-state index is 12.3. The minimum atomic E-state index is 0. The van der Waals surface area contributed by atoms with Gasteiger partial charge in [0.05, 0.1) is 0 Å². The molecule has 154 valence electrons. The second kappa shape index (κ2) is 12.6. The molecule has 0 aromatic heterocycles. The molecule has 0 spiro atoms. The van der Waals surface area contributed by atoms with Gasteiger partial charge in [0.25, 0.3) is 0 Å². The molecule has 2 aliphatic heterocycles. The number of piperidine rings is 1. The Bertz CT molecular complexity index is 558. The van der Waals surface area contributed by atoms with Crippen LogP contribution in [0.1, 0.15) is 50.2 Å². The number of nitrogens with one attached hydrogen (secondary N) is 2. The van der Waals surface area contributed by atoms with Gasteiger partial charge in [-0.1, -0.05) is 31.2 Å². The Hall–Kier alpha value is -0.810. The first-order chi connectivity index (χ1) is 12.2. The predicted octanol–water partition coefficient (Wildman–Crippen LogP) is 3.77. The second-order valence-corrected chi connectivity index (χ2v) is 7.85. The third kappa shape index (κ3) is 7.98. The van der Waals surface area contributed by atoms with Gasteiger partial charge in [0, 0.05) is 19.5 Å². The van der Waals surface area contributed by atoms with E-state index in [1.165, 1.54) is 49.9 Å². The normalized spacial score (nSPS) is 19.0. The summed E-state index contributed by atoms with van der Waals surface area (Å²) in [6, 6.07) is 8.67. The van der Waals surface area contributed by atoms with Crippen molar-refractivity contribution in [3.05, 3.63) is 35.4 Å². The zero-order valence-corrected chi connectivity index (χ0v) is 18.0. The van der Waals surface area contributed by atoms with Crippen molar-refractivity contribution in [2.75, 3.05) is 26.2 Å². The van der Waals surface area contributed by atoms with Gasteiger partial charge < -0.3 is 10.6 Å². The van der Waals surface area contributed by atoms with Crippen LogP contribution in [0.2, 0.25) is 0 Å². The molecule has 0 aliphatic carbocycles. The van der Waals surface area contributed by atoms with Gasteiger partial charge in [-0.25, -0.2) is 0 Å². The molecule has 2 heterocycles. The lowest BCUT2D eigenvalue weighted by Crippen LogP contribution is -2.33. The van der Waals surface area contributed by atoms with Gasteiger partial charge in [0.1, 0.15) is 0 Å². The minimum absolute atomic E-state index is 0. The number of likely N-dealkylation sites (tertiary alicyclic amines) is 1. The minimum Gasteiger partial charge on any atom is -0.352 e. The van der Waals surface area contributed by atoms with Crippen molar-refractivity contribution in [3.8, 4) is 0 Å². The van der Waals surface area contributed by atoms with Gasteiger partial charge in [-0.3, -0.25) is 9.69 Å². The number of carbonyl (C=O) groups is 1. The summed E-state index contributed by atoms with van der Waals surface area (Å²) in [6.45, 7) is 8.54. The average molecular weight is 416 g/mol. The molecule has 0 saturated carbocycles. The highest BCUT2D eigenvalue weighted by molar-refractivity contribution is 5.85. The number of nitrogens with zero attached hydrogens (tertiary/aromatic N) is 1. The molecule has 27 heavy (non-hydrogen) atoms. The summed E-state index contributed by atoms with van der Waals surface area (Å²) >= 11 is 0. The van der Waals surface area contributed by atoms with E-state index in [1.807, 2.05) is 0 Å². The Kier molecular flexibility index (Phi) is 11.3. The first-order valence-corrected chi connectivity index (χ1v) is 9.98. The first-order valence-electron chi connectivity index (χ1n) is 9.98. The van der Waals surface area contributed by atoms with Crippen LogP contribution in [-0.2, 0) is 17.9 Å². The van der Waals surface area contributed by atoms with Crippen LogP contribution in [0, 0.1) is 11.8 Å². The van der Waals surface area contributed by atoms with Crippen molar-refractivity contribution in [1.82, 2.24) is 15.5 Å². The number of halogens is 2. The fraction of sp³-hybridized carbons (Fsp3) is 0.667. The van der Waals surface area contributed by atoms with E-state index in [2.05, 4.69) is 46.7 Å². The van der Waals surface area contributed by atoms with Crippen LogP contribution in [0.5, 0.6) is 0 Å². The lowest BCUT2D eigenvalue weighted by atomic mass is 9.84. The smallest absolute Gasteiger partial charge is 0.220 e. The number of hydrogen-bond donors (Lipinski definition) is 2. The Balaban J connectivity index is 0.00000182. The molecular weight excluding hydrogens is 381 g/mol. The van der Waals surface area contributed by atoms with E-state index in [4.69, 9.17) is 0 Å². The Morgan fingerprint density at radius 1 is 1.19 bits per heavy atom. The zero-order chi connectivity index (χ0) is 17.5. The van der Waals surface area contributed by atoms with E-state index < -0.39 is 0 Å². The standard InChI is InChI=1S/C21H33N3O.2ClH/c1-17(20-7-9-22-10-8-20)13-21(25)23-15-18-5-4-6-19(14-18)16-24-11-2-3-12-24;;/h4-6,14,17,20,22H,2-3,7-13,15-16H2,1H3,(H,23,25);2*1H. The monoisotopic (exact) mass is 415 g/mol. The number of rotatable bonds is 7. The molecule has 6 heteroatoms. The zero-order valence-electron chi connectivity index (χ0n) is 16.4. The highest BCUT2D eigenvalue weighted by atomic mass is 35.5. The summed E-state index contributed by atoms with van der Waals surface area (Å²) in [4.78, 5) is 14.8. The van der Waals surface area contributed by atoms with Crippen LogP contribution in [-0.4, -0.2) is 37.0 Å². The van der Waals surface area contributed by atoms with Crippen LogP contribution in [0.25, 0.3) is 0 Å². The van der Waals surface area contributed by atoms with Crippen LogP contribution < -0.4 is 10.6 Å². The molecule has 4 nitrogen and oxygen atoms in total. The van der Waals surface area contributed by atoms with Gasteiger partial charge in [0.2, 0.25) is 5.91 Å². The maximum Gasteiger partial charge on any atom is 0.220 e. The molecule has 2 fully saturated rings. The summed E-state index contributed by atoms with van der Waals surface area (Å²) in [5, 5.41) is 6.52. The maximum absolute atomic E-state index is 12.3. The van der Waals surface area contributed by atoms with Crippen molar-refractivity contribution in [2.24, 2.45) is 11.8 Å². The van der Waals surface area contributed by atoms with Crippen molar-refractivity contribution >= 4 is 30.7 Å². The van der Waals surface area contributed by atoms with Crippen LogP contribution >= 0.6 is 24.8 Å². The van der Waals surface area contributed by atoms with Gasteiger partial charge >= 0.3 is 0 Å². The largest absolute Gasteiger partial charge is 0.352 e. The Labute approximate surface area is 176 Å². The molecule has 1 amide bonds. The molecule has 2 N–H and O–H groups in total. The number of hydrogen-bond acceptors (Lipinski definition) is 3. The molecule has 1 atom stereocenters. The molecule has 1 aromatic carbocycles. The lowest BCUT2D eigenvalue weighted by molar-refractivity contribution is -0.122.